The van der Waals surface area contributed by atoms with Crippen molar-refractivity contribution in [3.63, 3.8) is 0 Å². The molecule has 8 nitrogen and oxygen atoms in total. The van der Waals surface area contributed by atoms with Crippen molar-refractivity contribution in [3.05, 3.63) is 24.3 Å². The number of thiazole rings is 1. The Labute approximate surface area is 162 Å². The Kier molecular flexibility index (Phi) is 5.47. The summed E-state index contributed by atoms with van der Waals surface area (Å²) in [5.74, 6) is -4.57. The summed E-state index contributed by atoms with van der Waals surface area (Å²) in [6.45, 7) is 2.94. The molecule has 0 saturated carbocycles. The smallest absolute Gasteiger partial charge is 0.377 e. The van der Waals surface area contributed by atoms with Gasteiger partial charge in [-0.3, -0.25) is 4.79 Å². The summed E-state index contributed by atoms with van der Waals surface area (Å²) in [7, 11) is 0. The summed E-state index contributed by atoms with van der Waals surface area (Å²) in [4.78, 5) is 53.9. The first kappa shape index (κ1) is 19.3. The number of aromatic nitrogens is 1. The molecule has 142 valence electrons. The number of rotatable bonds is 6. The quantitative estimate of drug-likeness (QED) is 0.305. The van der Waals surface area contributed by atoms with Crippen LogP contribution in [0.5, 0.6) is 0 Å². The zero-order chi connectivity index (χ0) is 19.6. The predicted octanol–water partition coefficient (Wildman–Crippen LogP) is 1.75. The molecule has 0 aliphatic carbocycles. The molecule has 3 rings (SSSR count). The maximum Gasteiger partial charge on any atom is 0.377 e. The van der Waals surface area contributed by atoms with Gasteiger partial charge in [-0.2, -0.15) is 0 Å². The zero-order valence-electron chi connectivity index (χ0n) is 14.4. The van der Waals surface area contributed by atoms with E-state index in [0.29, 0.717) is 9.86 Å². The summed E-state index contributed by atoms with van der Waals surface area (Å²) in [5.41, 5.74) is -1.79. The molecule has 1 aliphatic rings. The van der Waals surface area contributed by atoms with Gasteiger partial charge in [0.15, 0.2) is 4.34 Å². The standard InChI is InChI=1S/C17H15NO7S2/c1-3-23-14(21)17(15(22)24-4-2)12(11(19)13(20)25-17)27-16-18-9-7-5-6-8-10(9)26-16/h5-8,12H,3-4H2,1-2H3. The minimum atomic E-state index is -2.48. The van der Waals surface area contributed by atoms with E-state index in [-0.39, 0.29) is 13.2 Å². The molecule has 1 saturated heterocycles. The molecule has 1 aromatic carbocycles. The van der Waals surface area contributed by atoms with Gasteiger partial charge in [0.05, 0.1) is 23.4 Å². The number of para-hydroxylation sites is 1. The number of cyclic esters (lactones) is 1. The van der Waals surface area contributed by atoms with Gasteiger partial charge < -0.3 is 14.2 Å². The van der Waals surface area contributed by atoms with Gasteiger partial charge in [-0.25, -0.2) is 19.4 Å². The summed E-state index contributed by atoms with van der Waals surface area (Å²) in [5, 5.41) is -1.48. The first-order chi connectivity index (χ1) is 12.9. The molecule has 0 spiro atoms. The van der Waals surface area contributed by atoms with Crippen molar-refractivity contribution in [1.82, 2.24) is 4.98 Å². The van der Waals surface area contributed by atoms with Gasteiger partial charge in [-0.1, -0.05) is 23.9 Å². The largest absolute Gasteiger partial charge is 0.463 e. The number of hydrogen-bond acceptors (Lipinski definition) is 10. The van der Waals surface area contributed by atoms with E-state index in [1.165, 1.54) is 25.2 Å². The van der Waals surface area contributed by atoms with Crippen LogP contribution < -0.4 is 0 Å². The lowest BCUT2D eigenvalue weighted by Crippen LogP contribution is -2.55. The molecule has 0 radical (unpaired) electrons. The van der Waals surface area contributed by atoms with Crippen LogP contribution in [-0.4, -0.2) is 52.7 Å². The SMILES string of the molecule is CCOC(=O)C1(C(=O)OCC)OC(=O)C(=O)C1Sc1nc2ccccc2s1. The van der Waals surface area contributed by atoms with Gasteiger partial charge in [-0.05, 0) is 26.0 Å². The maximum absolute atomic E-state index is 12.6. The van der Waals surface area contributed by atoms with Crippen LogP contribution >= 0.6 is 23.1 Å². The highest BCUT2D eigenvalue weighted by Gasteiger charge is 2.68. The van der Waals surface area contributed by atoms with Gasteiger partial charge in [0.1, 0.15) is 5.25 Å². The third-order valence-corrected chi connectivity index (χ3v) is 6.16. The van der Waals surface area contributed by atoms with Gasteiger partial charge in [-0.15, -0.1) is 11.3 Å². The molecule has 1 unspecified atom stereocenters. The first-order valence-corrected chi connectivity index (χ1v) is 9.77. The van der Waals surface area contributed by atoms with Crippen molar-refractivity contribution in [1.29, 1.82) is 0 Å². The number of ketones is 1. The number of hydrogen-bond donors (Lipinski definition) is 0. The molecular formula is C17H15NO7S2. The van der Waals surface area contributed by atoms with E-state index in [9.17, 15) is 19.2 Å². The summed E-state index contributed by atoms with van der Waals surface area (Å²) in [6.07, 6.45) is 0. The second-order valence-corrected chi connectivity index (χ2v) is 7.76. The number of carbonyl (C=O) groups excluding carboxylic acids is 4. The number of benzene rings is 1. The van der Waals surface area contributed by atoms with E-state index in [4.69, 9.17) is 14.2 Å². The van der Waals surface area contributed by atoms with E-state index < -0.39 is 34.5 Å². The van der Waals surface area contributed by atoms with E-state index >= 15 is 0 Å². The van der Waals surface area contributed by atoms with Crippen molar-refractivity contribution in [2.75, 3.05) is 13.2 Å². The maximum atomic E-state index is 12.6. The Morgan fingerprint density at radius 2 is 1.81 bits per heavy atom. The number of nitrogens with zero attached hydrogens (tertiary/aromatic N) is 1. The molecule has 1 fully saturated rings. The normalized spacial score (nSPS) is 18.4. The van der Waals surface area contributed by atoms with Crippen LogP contribution in [0.4, 0.5) is 0 Å². The highest BCUT2D eigenvalue weighted by atomic mass is 32.2. The fourth-order valence-electron chi connectivity index (χ4n) is 2.54. The van der Waals surface area contributed by atoms with Crippen LogP contribution in [0.15, 0.2) is 28.6 Å². The predicted molar refractivity (Wildman–Crippen MR) is 96.4 cm³/mol. The van der Waals surface area contributed by atoms with Gasteiger partial charge in [0, 0.05) is 0 Å². The van der Waals surface area contributed by atoms with E-state index in [0.717, 1.165) is 16.5 Å². The van der Waals surface area contributed by atoms with Crippen LogP contribution in [0.1, 0.15) is 13.8 Å². The lowest BCUT2D eigenvalue weighted by Gasteiger charge is -2.26. The minimum Gasteiger partial charge on any atom is -0.463 e. The lowest BCUT2D eigenvalue weighted by atomic mass is 9.99. The zero-order valence-corrected chi connectivity index (χ0v) is 16.1. The Balaban J connectivity index is 2.04. The Bertz CT molecular complexity index is 872. The average Bonchev–Trinajstić information content (AvgIpc) is 3.16. The first-order valence-electron chi connectivity index (χ1n) is 8.07. The van der Waals surface area contributed by atoms with Crippen molar-refractivity contribution < 1.29 is 33.4 Å². The fraction of sp³-hybridized carbons (Fsp3) is 0.353. The van der Waals surface area contributed by atoms with Gasteiger partial charge in [0.2, 0.25) is 0 Å². The third kappa shape index (κ3) is 3.30. The van der Waals surface area contributed by atoms with Crippen LogP contribution in [0.2, 0.25) is 0 Å². The molecular weight excluding hydrogens is 394 g/mol. The van der Waals surface area contributed by atoms with Crippen molar-refractivity contribution in [3.8, 4) is 0 Å². The average molecular weight is 409 g/mol. The second kappa shape index (κ2) is 7.65. The third-order valence-electron chi connectivity index (χ3n) is 3.71. The number of esters is 3. The van der Waals surface area contributed by atoms with E-state index in [2.05, 4.69) is 4.98 Å². The number of fused-ring (bicyclic) bond motifs is 1. The van der Waals surface area contributed by atoms with Crippen molar-refractivity contribution in [2.24, 2.45) is 0 Å². The monoisotopic (exact) mass is 409 g/mol. The molecule has 27 heavy (non-hydrogen) atoms. The summed E-state index contributed by atoms with van der Waals surface area (Å²) in [6, 6.07) is 7.28. The van der Waals surface area contributed by atoms with E-state index in [1.54, 1.807) is 6.07 Å². The van der Waals surface area contributed by atoms with Gasteiger partial charge >= 0.3 is 23.5 Å². The second-order valence-electron chi connectivity index (χ2n) is 5.38. The molecule has 10 heteroatoms. The lowest BCUT2D eigenvalue weighted by molar-refractivity contribution is -0.188. The molecule has 0 bridgehead atoms. The highest BCUT2D eigenvalue weighted by Crippen LogP contribution is 2.42. The van der Waals surface area contributed by atoms with Crippen LogP contribution in [0.3, 0.4) is 0 Å². The number of carbonyl (C=O) groups is 4. The number of ether oxygens (including phenoxy) is 3. The van der Waals surface area contributed by atoms with Crippen LogP contribution in [0.25, 0.3) is 10.2 Å². The Hall–Kier alpha value is -2.46. The Morgan fingerprint density at radius 1 is 1.19 bits per heavy atom. The molecule has 2 heterocycles. The highest BCUT2D eigenvalue weighted by molar-refractivity contribution is 8.02. The van der Waals surface area contributed by atoms with Crippen molar-refractivity contribution >= 4 is 57.0 Å². The molecule has 1 aromatic heterocycles. The summed E-state index contributed by atoms with van der Waals surface area (Å²) < 4.78 is 16.1. The summed E-state index contributed by atoms with van der Waals surface area (Å²) >= 11 is 2.08. The molecule has 0 amide bonds. The number of Topliss-reactive ketones (excluding diaryl/α,β-unsaturated/α-hetero) is 1. The molecule has 1 atom stereocenters. The fourth-order valence-corrected chi connectivity index (χ4v) is 4.95. The van der Waals surface area contributed by atoms with Crippen molar-refractivity contribution in [2.45, 2.75) is 29.0 Å². The van der Waals surface area contributed by atoms with E-state index in [1.807, 2.05) is 18.2 Å². The Morgan fingerprint density at radius 3 is 2.41 bits per heavy atom. The molecule has 0 N–H and O–H groups in total. The number of thioether (sulfide) groups is 1. The van der Waals surface area contributed by atoms with Crippen LogP contribution in [-0.2, 0) is 33.4 Å². The van der Waals surface area contributed by atoms with Crippen LogP contribution in [0, 0.1) is 0 Å². The van der Waals surface area contributed by atoms with Gasteiger partial charge in [0.25, 0.3) is 5.78 Å². The molecule has 1 aliphatic heterocycles. The topological polar surface area (TPSA) is 109 Å². The molecule has 2 aromatic rings. The minimum absolute atomic E-state index is 0.0652.